The van der Waals surface area contributed by atoms with Crippen LogP contribution in [0.15, 0.2) is 48.9 Å². The van der Waals surface area contributed by atoms with E-state index in [1.165, 1.54) is 36.9 Å². The van der Waals surface area contributed by atoms with Gasteiger partial charge in [-0.25, -0.2) is 19.9 Å². The topological polar surface area (TPSA) is 96.4 Å². The van der Waals surface area contributed by atoms with E-state index in [1.54, 1.807) is 17.0 Å². The van der Waals surface area contributed by atoms with Crippen LogP contribution in [-0.2, 0) is 11.0 Å². The molecular weight excluding hydrogens is 495 g/mol. The number of aromatic nitrogens is 4. The number of carbonyl (C=O) groups is 1. The molecule has 0 spiro atoms. The quantitative estimate of drug-likeness (QED) is 0.413. The van der Waals surface area contributed by atoms with E-state index in [2.05, 4.69) is 25.3 Å². The highest BCUT2D eigenvalue weighted by Crippen LogP contribution is 2.36. The number of hydrogen-bond donors (Lipinski definition) is 1. The second-order valence-corrected chi connectivity index (χ2v) is 9.00. The molecule has 0 bridgehead atoms. The van der Waals surface area contributed by atoms with Crippen LogP contribution in [0.4, 0.5) is 29.9 Å². The predicted molar refractivity (Wildman–Crippen MR) is 130 cm³/mol. The number of piperazine rings is 1. The van der Waals surface area contributed by atoms with Crippen molar-refractivity contribution in [2.24, 2.45) is 0 Å². The Labute approximate surface area is 207 Å². The maximum atomic E-state index is 13.4. The van der Waals surface area contributed by atoms with Crippen LogP contribution in [0.3, 0.4) is 0 Å². The van der Waals surface area contributed by atoms with Crippen molar-refractivity contribution < 1.29 is 22.7 Å². The van der Waals surface area contributed by atoms with Gasteiger partial charge in [0, 0.05) is 45.4 Å². The normalized spacial score (nSPS) is 14.2. The Morgan fingerprint density at radius 3 is 2.58 bits per heavy atom. The molecule has 13 heteroatoms. The second-order valence-electron chi connectivity index (χ2n) is 7.97. The van der Waals surface area contributed by atoms with Gasteiger partial charge in [0.05, 0.1) is 10.3 Å². The molecule has 0 saturated carbocycles. The van der Waals surface area contributed by atoms with Gasteiger partial charge >= 0.3 is 6.18 Å². The van der Waals surface area contributed by atoms with E-state index in [1.807, 2.05) is 17.0 Å². The minimum absolute atomic E-state index is 0.0636. The lowest BCUT2D eigenvalue weighted by molar-refractivity contribution is -0.137. The SMILES string of the molecule is CC(=O)Nc1nc2c(Oc3cc(N4CCN(c5ncccc5C(F)(F)F)CC4)ncn3)cccc2s1. The number of carbonyl (C=O) groups excluding carboxylic acids is 1. The van der Waals surface area contributed by atoms with Crippen molar-refractivity contribution in [3.63, 3.8) is 0 Å². The molecular formula is C23H20F3N7O2S. The Morgan fingerprint density at radius 2 is 1.83 bits per heavy atom. The van der Waals surface area contributed by atoms with E-state index < -0.39 is 11.7 Å². The monoisotopic (exact) mass is 515 g/mol. The Kier molecular flexibility index (Phi) is 6.31. The summed E-state index contributed by atoms with van der Waals surface area (Å²) < 4.78 is 47.0. The van der Waals surface area contributed by atoms with Gasteiger partial charge in [-0.05, 0) is 24.3 Å². The molecule has 1 amide bonds. The molecule has 36 heavy (non-hydrogen) atoms. The zero-order chi connectivity index (χ0) is 25.3. The minimum atomic E-state index is -4.47. The number of hydrogen-bond acceptors (Lipinski definition) is 9. The molecule has 0 radical (unpaired) electrons. The molecule has 186 valence electrons. The highest BCUT2D eigenvalue weighted by Gasteiger charge is 2.36. The lowest BCUT2D eigenvalue weighted by Gasteiger charge is -2.36. The van der Waals surface area contributed by atoms with Gasteiger partial charge in [0.2, 0.25) is 11.8 Å². The second kappa shape index (κ2) is 9.57. The first-order valence-electron chi connectivity index (χ1n) is 11.0. The summed E-state index contributed by atoms with van der Waals surface area (Å²) in [6, 6.07) is 9.47. The summed E-state index contributed by atoms with van der Waals surface area (Å²) >= 11 is 1.33. The number of anilines is 3. The van der Waals surface area contributed by atoms with E-state index in [-0.39, 0.29) is 11.7 Å². The Balaban J connectivity index is 1.30. The summed E-state index contributed by atoms with van der Waals surface area (Å²) in [5.74, 6) is 1.10. The maximum Gasteiger partial charge on any atom is 0.419 e. The number of halogens is 3. The van der Waals surface area contributed by atoms with Crippen molar-refractivity contribution in [2.45, 2.75) is 13.1 Å². The van der Waals surface area contributed by atoms with Gasteiger partial charge in [0.15, 0.2) is 10.9 Å². The highest BCUT2D eigenvalue weighted by molar-refractivity contribution is 7.22. The van der Waals surface area contributed by atoms with Gasteiger partial charge in [-0.2, -0.15) is 13.2 Å². The van der Waals surface area contributed by atoms with Crippen molar-refractivity contribution in [1.29, 1.82) is 0 Å². The summed E-state index contributed by atoms with van der Waals surface area (Å²) in [5, 5.41) is 3.14. The largest absolute Gasteiger partial charge is 0.437 e. The molecule has 1 aliphatic rings. The first-order chi connectivity index (χ1) is 17.3. The van der Waals surface area contributed by atoms with Crippen LogP contribution in [0.25, 0.3) is 10.2 Å². The van der Waals surface area contributed by atoms with Gasteiger partial charge < -0.3 is 19.9 Å². The molecule has 0 aliphatic carbocycles. The van der Waals surface area contributed by atoms with Crippen LogP contribution < -0.4 is 19.9 Å². The van der Waals surface area contributed by atoms with E-state index in [0.717, 1.165) is 10.8 Å². The molecule has 1 N–H and O–H groups in total. The molecule has 9 nitrogen and oxygen atoms in total. The van der Waals surface area contributed by atoms with Gasteiger partial charge in [-0.15, -0.1) is 0 Å². The molecule has 0 unspecified atom stereocenters. The molecule has 4 aromatic rings. The lowest BCUT2D eigenvalue weighted by Crippen LogP contribution is -2.47. The third-order valence-electron chi connectivity index (χ3n) is 5.50. The summed E-state index contributed by atoms with van der Waals surface area (Å²) in [5.41, 5.74) is -0.148. The van der Waals surface area contributed by atoms with Crippen molar-refractivity contribution in [1.82, 2.24) is 19.9 Å². The first-order valence-corrected chi connectivity index (χ1v) is 11.8. The Morgan fingerprint density at radius 1 is 1.06 bits per heavy atom. The van der Waals surface area contributed by atoms with E-state index in [9.17, 15) is 18.0 Å². The highest BCUT2D eigenvalue weighted by atomic mass is 32.1. The molecule has 5 rings (SSSR count). The third-order valence-corrected chi connectivity index (χ3v) is 6.44. The fraction of sp³-hybridized carbons (Fsp3) is 0.261. The molecule has 1 aliphatic heterocycles. The average Bonchev–Trinajstić information content (AvgIpc) is 3.27. The van der Waals surface area contributed by atoms with Crippen LogP contribution >= 0.6 is 11.3 Å². The van der Waals surface area contributed by atoms with Gasteiger partial charge in [0.25, 0.3) is 0 Å². The molecule has 1 saturated heterocycles. The van der Waals surface area contributed by atoms with Gasteiger partial charge in [-0.1, -0.05) is 17.4 Å². The molecule has 1 fully saturated rings. The number of fused-ring (bicyclic) bond motifs is 1. The fourth-order valence-corrected chi connectivity index (χ4v) is 4.83. The zero-order valence-corrected chi connectivity index (χ0v) is 19.8. The van der Waals surface area contributed by atoms with Crippen LogP contribution in [0.1, 0.15) is 12.5 Å². The van der Waals surface area contributed by atoms with E-state index in [4.69, 9.17) is 4.74 Å². The van der Waals surface area contributed by atoms with Crippen LogP contribution in [0.5, 0.6) is 11.6 Å². The number of alkyl halides is 3. The van der Waals surface area contributed by atoms with Crippen LogP contribution in [0.2, 0.25) is 0 Å². The Hall–Kier alpha value is -4.00. The molecule has 0 atom stereocenters. The average molecular weight is 516 g/mol. The van der Waals surface area contributed by atoms with Crippen molar-refractivity contribution >= 4 is 44.2 Å². The first kappa shape index (κ1) is 23.7. The van der Waals surface area contributed by atoms with Gasteiger partial charge in [0.1, 0.15) is 23.5 Å². The molecule has 1 aromatic carbocycles. The number of nitrogens with one attached hydrogen (secondary N) is 1. The predicted octanol–water partition coefficient (Wildman–Crippen LogP) is 4.58. The number of para-hydroxylation sites is 1. The number of ether oxygens (including phenoxy) is 1. The molecule has 3 aromatic heterocycles. The summed E-state index contributed by atoms with van der Waals surface area (Å²) in [6.45, 7) is 3.02. The number of amides is 1. The Bertz CT molecular complexity index is 1400. The lowest BCUT2D eigenvalue weighted by atomic mass is 10.2. The van der Waals surface area contributed by atoms with Gasteiger partial charge in [-0.3, -0.25) is 4.79 Å². The summed E-state index contributed by atoms with van der Waals surface area (Å²) in [6.07, 6.45) is -1.73. The fourth-order valence-electron chi connectivity index (χ4n) is 3.90. The number of thiazole rings is 1. The van der Waals surface area contributed by atoms with Crippen LogP contribution in [0, 0.1) is 0 Å². The number of benzene rings is 1. The number of nitrogens with zero attached hydrogens (tertiary/aromatic N) is 6. The van der Waals surface area contributed by atoms with Crippen molar-refractivity contribution in [3.05, 3.63) is 54.5 Å². The van der Waals surface area contributed by atoms with Crippen molar-refractivity contribution in [2.75, 3.05) is 41.3 Å². The van der Waals surface area contributed by atoms with Crippen LogP contribution in [-0.4, -0.2) is 52.0 Å². The summed E-state index contributed by atoms with van der Waals surface area (Å²) in [7, 11) is 0. The van der Waals surface area contributed by atoms with Crippen molar-refractivity contribution in [3.8, 4) is 11.6 Å². The number of rotatable bonds is 5. The third kappa shape index (κ3) is 5.00. The summed E-state index contributed by atoms with van der Waals surface area (Å²) in [4.78, 5) is 31.9. The smallest absolute Gasteiger partial charge is 0.419 e. The number of pyridine rings is 1. The zero-order valence-electron chi connectivity index (χ0n) is 19.0. The maximum absolute atomic E-state index is 13.4. The van der Waals surface area contributed by atoms with E-state index >= 15 is 0 Å². The molecule has 4 heterocycles. The minimum Gasteiger partial charge on any atom is -0.437 e. The standard InChI is InChI=1S/C23H20F3N7O2S/c1-14(34)30-22-31-20-16(5-2-6-17(20)36-22)35-19-12-18(28-13-29-19)32-8-10-33(11-9-32)21-15(23(24,25)26)4-3-7-27-21/h2-7,12-13H,8-11H2,1H3,(H,30,31,34). The van der Waals surface area contributed by atoms with E-state index in [0.29, 0.717) is 54.3 Å².